The molecule has 1 N–H and O–H groups in total. The van der Waals surface area contributed by atoms with Crippen LogP contribution in [0, 0.1) is 12.7 Å². The fourth-order valence-corrected chi connectivity index (χ4v) is 1.93. The van der Waals surface area contributed by atoms with Crippen molar-refractivity contribution in [2.45, 2.75) is 6.92 Å². The van der Waals surface area contributed by atoms with Gasteiger partial charge in [0.2, 0.25) is 0 Å². The molecule has 0 aromatic heterocycles. The van der Waals surface area contributed by atoms with Crippen LogP contribution in [0.3, 0.4) is 0 Å². The van der Waals surface area contributed by atoms with E-state index >= 15 is 0 Å². The molecule has 2 rings (SSSR count). The minimum atomic E-state index is -0.353. The highest BCUT2D eigenvalue weighted by molar-refractivity contribution is 6.31. The SMILES string of the molecule is COc1ccc(Cl)cc1NC(=O)c1ccc(F)c(C)c1. The summed E-state index contributed by atoms with van der Waals surface area (Å²) in [5.74, 6) is -0.197. The molecule has 2 aromatic carbocycles. The van der Waals surface area contributed by atoms with Gasteiger partial charge in [-0.25, -0.2) is 4.39 Å². The fraction of sp³-hybridized carbons (Fsp3) is 0.133. The molecule has 20 heavy (non-hydrogen) atoms. The van der Waals surface area contributed by atoms with Crippen molar-refractivity contribution in [3.05, 3.63) is 58.4 Å². The van der Waals surface area contributed by atoms with E-state index in [1.54, 1.807) is 25.1 Å². The maximum absolute atomic E-state index is 13.2. The Morgan fingerprint density at radius 2 is 2.00 bits per heavy atom. The first-order valence-corrected chi connectivity index (χ1v) is 6.30. The second-order valence-corrected chi connectivity index (χ2v) is 4.70. The lowest BCUT2D eigenvalue weighted by Gasteiger charge is -2.11. The molecule has 0 unspecified atom stereocenters. The number of hydrogen-bond acceptors (Lipinski definition) is 2. The Balaban J connectivity index is 2.27. The number of aryl methyl sites for hydroxylation is 1. The third kappa shape index (κ3) is 3.08. The zero-order valence-corrected chi connectivity index (χ0v) is 11.8. The van der Waals surface area contributed by atoms with Crippen molar-refractivity contribution in [2.24, 2.45) is 0 Å². The van der Waals surface area contributed by atoms with E-state index in [0.717, 1.165) is 0 Å². The Labute approximate surface area is 121 Å². The maximum atomic E-state index is 13.2. The van der Waals surface area contributed by atoms with Crippen molar-refractivity contribution >= 4 is 23.2 Å². The van der Waals surface area contributed by atoms with E-state index in [2.05, 4.69) is 5.32 Å². The zero-order chi connectivity index (χ0) is 14.7. The third-order valence-corrected chi connectivity index (χ3v) is 3.06. The van der Waals surface area contributed by atoms with Gasteiger partial charge in [0.15, 0.2) is 0 Å². The van der Waals surface area contributed by atoms with Crippen LogP contribution in [0.15, 0.2) is 36.4 Å². The second kappa shape index (κ2) is 5.92. The monoisotopic (exact) mass is 293 g/mol. The Kier molecular flexibility index (Phi) is 4.25. The average Bonchev–Trinajstić information content (AvgIpc) is 2.42. The predicted octanol–water partition coefficient (Wildman–Crippen LogP) is 4.05. The summed E-state index contributed by atoms with van der Waals surface area (Å²) in [6, 6.07) is 9.09. The number of ether oxygens (including phenoxy) is 1. The summed E-state index contributed by atoms with van der Waals surface area (Å²) in [5, 5.41) is 3.18. The van der Waals surface area contributed by atoms with Gasteiger partial charge in [-0.1, -0.05) is 11.6 Å². The smallest absolute Gasteiger partial charge is 0.255 e. The normalized spacial score (nSPS) is 10.2. The highest BCUT2D eigenvalue weighted by Gasteiger charge is 2.11. The van der Waals surface area contributed by atoms with E-state index in [0.29, 0.717) is 27.6 Å². The molecule has 0 aliphatic carbocycles. The Morgan fingerprint density at radius 1 is 1.25 bits per heavy atom. The molecule has 5 heteroatoms. The zero-order valence-electron chi connectivity index (χ0n) is 11.0. The lowest BCUT2D eigenvalue weighted by atomic mass is 10.1. The summed E-state index contributed by atoms with van der Waals surface area (Å²) in [7, 11) is 1.50. The molecule has 0 heterocycles. The molecule has 0 saturated heterocycles. The van der Waals surface area contributed by atoms with Gasteiger partial charge in [-0.3, -0.25) is 4.79 Å². The van der Waals surface area contributed by atoms with Gasteiger partial charge < -0.3 is 10.1 Å². The summed E-state index contributed by atoms with van der Waals surface area (Å²) in [5.41, 5.74) is 1.24. The van der Waals surface area contributed by atoms with Gasteiger partial charge in [0, 0.05) is 10.6 Å². The van der Waals surface area contributed by atoms with Gasteiger partial charge in [-0.2, -0.15) is 0 Å². The van der Waals surface area contributed by atoms with E-state index in [1.165, 1.54) is 25.3 Å². The number of benzene rings is 2. The summed E-state index contributed by atoms with van der Waals surface area (Å²) >= 11 is 5.89. The van der Waals surface area contributed by atoms with Crippen LogP contribution in [0.1, 0.15) is 15.9 Å². The largest absolute Gasteiger partial charge is 0.495 e. The van der Waals surface area contributed by atoms with Crippen molar-refractivity contribution < 1.29 is 13.9 Å². The number of rotatable bonds is 3. The second-order valence-electron chi connectivity index (χ2n) is 4.26. The lowest BCUT2D eigenvalue weighted by Crippen LogP contribution is -2.13. The minimum absolute atomic E-state index is 0.345. The number of nitrogens with one attached hydrogen (secondary N) is 1. The maximum Gasteiger partial charge on any atom is 0.255 e. The molecule has 0 atom stereocenters. The van der Waals surface area contributed by atoms with Gasteiger partial charge in [-0.05, 0) is 48.9 Å². The number of methoxy groups -OCH3 is 1. The first-order chi connectivity index (χ1) is 9.51. The molecule has 0 spiro atoms. The summed E-state index contributed by atoms with van der Waals surface area (Å²) in [6.45, 7) is 1.60. The van der Waals surface area contributed by atoms with Crippen LogP contribution in [-0.4, -0.2) is 13.0 Å². The quantitative estimate of drug-likeness (QED) is 0.927. The van der Waals surface area contributed by atoms with E-state index in [9.17, 15) is 9.18 Å². The number of amides is 1. The van der Waals surface area contributed by atoms with Crippen LogP contribution >= 0.6 is 11.6 Å². The van der Waals surface area contributed by atoms with Crippen molar-refractivity contribution in [3.8, 4) is 5.75 Å². The van der Waals surface area contributed by atoms with Crippen LogP contribution in [0.5, 0.6) is 5.75 Å². The van der Waals surface area contributed by atoms with Crippen LogP contribution in [0.4, 0.5) is 10.1 Å². The topological polar surface area (TPSA) is 38.3 Å². The highest BCUT2D eigenvalue weighted by atomic mass is 35.5. The number of carbonyl (C=O) groups excluding carboxylic acids is 1. The van der Waals surface area contributed by atoms with Crippen LogP contribution < -0.4 is 10.1 Å². The van der Waals surface area contributed by atoms with Gasteiger partial charge in [0.1, 0.15) is 11.6 Å². The molecule has 0 radical (unpaired) electrons. The van der Waals surface area contributed by atoms with Crippen molar-refractivity contribution in [1.29, 1.82) is 0 Å². The van der Waals surface area contributed by atoms with Crippen molar-refractivity contribution in [3.63, 3.8) is 0 Å². The number of carbonyl (C=O) groups is 1. The first kappa shape index (κ1) is 14.3. The molecule has 3 nitrogen and oxygen atoms in total. The average molecular weight is 294 g/mol. The van der Waals surface area contributed by atoms with Crippen molar-refractivity contribution in [2.75, 3.05) is 12.4 Å². The summed E-state index contributed by atoms with van der Waals surface area (Å²) in [4.78, 5) is 12.1. The number of halogens is 2. The molecule has 0 aliphatic heterocycles. The summed E-state index contributed by atoms with van der Waals surface area (Å²) in [6.07, 6.45) is 0. The molecule has 0 aliphatic rings. The summed E-state index contributed by atoms with van der Waals surface area (Å²) < 4.78 is 18.3. The Morgan fingerprint density at radius 3 is 2.65 bits per heavy atom. The van der Waals surface area contributed by atoms with Gasteiger partial charge in [-0.15, -0.1) is 0 Å². The molecular weight excluding hydrogens is 281 g/mol. The minimum Gasteiger partial charge on any atom is -0.495 e. The van der Waals surface area contributed by atoms with Crippen LogP contribution in [0.25, 0.3) is 0 Å². The molecule has 1 amide bonds. The van der Waals surface area contributed by atoms with Gasteiger partial charge >= 0.3 is 0 Å². The van der Waals surface area contributed by atoms with Gasteiger partial charge in [0.05, 0.1) is 12.8 Å². The van der Waals surface area contributed by atoms with E-state index < -0.39 is 0 Å². The third-order valence-electron chi connectivity index (χ3n) is 2.83. The van der Waals surface area contributed by atoms with E-state index in [4.69, 9.17) is 16.3 Å². The first-order valence-electron chi connectivity index (χ1n) is 5.92. The molecular formula is C15H13ClFNO2. The molecule has 0 saturated carbocycles. The molecule has 104 valence electrons. The van der Waals surface area contributed by atoms with E-state index in [1.807, 2.05) is 0 Å². The van der Waals surface area contributed by atoms with Crippen molar-refractivity contribution in [1.82, 2.24) is 0 Å². The van der Waals surface area contributed by atoms with Crippen LogP contribution in [-0.2, 0) is 0 Å². The fourth-order valence-electron chi connectivity index (χ4n) is 1.76. The number of hydrogen-bond donors (Lipinski definition) is 1. The lowest BCUT2D eigenvalue weighted by molar-refractivity contribution is 0.102. The standard InChI is InChI=1S/C15H13ClFNO2/c1-9-7-10(3-5-12(9)17)15(19)18-13-8-11(16)4-6-14(13)20-2/h3-8H,1-2H3,(H,18,19). The van der Waals surface area contributed by atoms with E-state index in [-0.39, 0.29) is 11.7 Å². The number of anilines is 1. The molecule has 0 fully saturated rings. The Bertz CT molecular complexity index is 658. The molecule has 0 bridgehead atoms. The Hall–Kier alpha value is -2.07. The van der Waals surface area contributed by atoms with Gasteiger partial charge in [0.25, 0.3) is 5.91 Å². The predicted molar refractivity (Wildman–Crippen MR) is 77.1 cm³/mol. The van der Waals surface area contributed by atoms with Crippen LogP contribution in [0.2, 0.25) is 5.02 Å². The molecule has 2 aromatic rings. The highest BCUT2D eigenvalue weighted by Crippen LogP contribution is 2.28.